The van der Waals surface area contributed by atoms with E-state index >= 15 is 0 Å². The molecule has 6 nitrogen and oxygen atoms in total. The smallest absolute Gasteiger partial charge is 0.253 e. The van der Waals surface area contributed by atoms with Crippen LogP contribution in [0.25, 0.3) is 0 Å². The number of fused-ring (bicyclic) bond motifs is 2. The van der Waals surface area contributed by atoms with Gasteiger partial charge in [0.05, 0.1) is 12.0 Å². The maximum Gasteiger partial charge on any atom is 0.253 e. The second-order valence-electron chi connectivity index (χ2n) is 7.93. The Morgan fingerprint density at radius 3 is 2.59 bits per heavy atom. The highest BCUT2D eigenvalue weighted by Crippen LogP contribution is 2.40. The number of hydrogen-bond acceptors (Lipinski definition) is 5. The first-order valence-corrected chi connectivity index (χ1v) is 10.1. The molecule has 5 rings (SSSR count). The molecular weight excluding hydrogens is 370 g/mol. The molecule has 29 heavy (non-hydrogen) atoms. The van der Waals surface area contributed by atoms with E-state index in [4.69, 9.17) is 14.2 Å². The Labute approximate surface area is 169 Å². The number of piperidine rings is 1. The quantitative estimate of drug-likeness (QED) is 0.780. The number of hydrogen-bond donors (Lipinski definition) is 0. The van der Waals surface area contributed by atoms with Crippen LogP contribution in [0.4, 0.5) is 0 Å². The molecule has 2 aromatic carbocycles. The largest absolute Gasteiger partial charge is 0.486 e. The minimum atomic E-state index is -0.510. The normalized spacial score (nSPS) is 19.1. The number of nitrogens with zero attached hydrogens (tertiary/aromatic N) is 1. The maximum absolute atomic E-state index is 12.9. The predicted molar refractivity (Wildman–Crippen MR) is 106 cm³/mol. The Morgan fingerprint density at radius 2 is 1.79 bits per heavy atom. The van der Waals surface area contributed by atoms with Crippen LogP contribution < -0.4 is 14.2 Å². The van der Waals surface area contributed by atoms with Crippen LogP contribution in [0.1, 0.15) is 52.5 Å². The lowest BCUT2D eigenvalue weighted by atomic mass is 9.82. The lowest BCUT2D eigenvalue weighted by Crippen LogP contribution is -2.52. The van der Waals surface area contributed by atoms with Crippen molar-refractivity contribution in [2.24, 2.45) is 0 Å². The van der Waals surface area contributed by atoms with Crippen molar-refractivity contribution >= 4 is 11.7 Å². The fraction of sp³-hybridized carbons (Fsp3) is 0.391. The molecule has 0 unspecified atom stereocenters. The molecule has 6 heteroatoms. The van der Waals surface area contributed by atoms with Crippen molar-refractivity contribution < 1.29 is 23.8 Å². The molecule has 0 saturated carbocycles. The number of rotatable bonds is 2. The molecule has 3 heterocycles. The van der Waals surface area contributed by atoms with Gasteiger partial charge in [0.15, 0.2) is 17.3 Å². The van der Waals surface area contributed by atoms with E-state index in [0.29, 0.717) is 60.7 Å². The molecule has 1 spiro atoms. The van der Waals surface area contributed by atoms with E-state index < -0.39 is 5.60 Å². The number of amides is 1. The highest BCUT2D eigenvalue weighted by Gasteiger charge is 2.43. The highest BCUT2D eigenvalue weighted by molar-refractivity contribution is 6.00. The summed E-state index contributed by atoms with van der Waals surface area (Å²) >= 11 is 0. The summed E-state index contributed by atoms with van der Waals surface area (Å²) < 4.78 is 17.0. The van der Waals surface area contributed by atoms with Crippen LogP contribution in [0, 0.1) is 0 Å². The first-order chi connectivity index (χ1) is 14.1. The molecule has 1 amide bonds. The summed E-state index contributed by atoms with van der Waals surface area (Å²) in [6.45, 7) is 3.38. The third-order valence-corrected chi connectivity index (χ3v) is 6.14. The standard InChI is InChI=1S/C23H23NO5/c1-2-15-3-5-19-17(11-15)18(25)13-23(29-19)7-9-24(10-8-23)22(26)16-4-6-20-21(12-16)28-14-27-20/h3-6,11-12H,2,7-10,13-14H2,1H3. The fourth-order valence-corrected chi connectivity index (χ4v) is 4.37. The van der Waals surface area contributed by atoms with Gasteiger partial charge in [0.2, 0.25) is 6.79 Å². The van der Waals surface area contributed by atoms with Crippen molar-refractivity contribution in [3.8, 4) is 17.2 Å². The van der Waals surface area contributed by atoms with Crippen LogP contribution in [0.5, 0.6) is 17.2 Å². The van der Waals surface area contributed by atoms with Crippen LogP contribution in [-0.4, -0.2) is 42.1 Å². The number of ketones is 1. The van der Waals surface area contributed by atoms with Gasteiger partial charge in [-0.1, -0.05) is 13.0 Å². The van der Waals surface area contributed by atoms with E-state index in [1.54, 1.807) is 18.2 Å². The predicted octanol–water partition coefficient (Wildman–Crippen LogP) is 3.62. The lowest BCUT2D eigenvalue weighted by molar-refractivity contribution is -0.00573. The molecule has 0 N–H and O–H groups in total. The molecule has 3 aliphatic heterocycles. The molecule has 0 aromatic heterocycles. The van der Waals surface area contributed by atoms with Crippen LogP contribution in [0.15, 0.2) is 36.4 Å². The molecule has 1 saturated heterocycles. The molecule has 150 valence electrons. The average Bonchev–Trinajstić information content (AvgIpc) is 3.21. The van der Waals surface area contributed by atoms with Gasteiger partial charge in [-0.15, -0.1) is 0 Å². The van der Waals surface area contributed by atoms with Gasteiger partial charge in [-0.05, 0) is 42.3 Å². The molecule has 1 fully saturated rings. The van der Waals surface area contributed by atoms with Gasteiger partial charge in [0, 0.05) is 31.5 Å². The fourth-order valence-electron chi connectivity index (χ4n) is 4.37. The first kappa shape index (κ1) is 18.0. The van der Waals surface area contributed by atoms with Gasteiger partial charge in [-0.3, -0.25) is 9.59 Å². The summed E-state index contributed by atoms with van der Waals surface area (Å²) in [4.78, 5) is 27.5. The van der Waals surface area contributed by atoms with E-state index in [9.17, 15) is 9.59 Å². The van der Waals surface area contributed by atoms with E-state index in [1.807, 2.05) is 23.1 Å². The van der Waals surface area contributed by atoms with E-state index in [0.717, 1.165) is 12.0 Å². The minimum absolute atomic E-state index is 0.0340. The topological polar surface area (TPSA) is 65.1 Å². The first-order valence-electron chi connectivity index (χ1n) is 10.1. The summed E-state index contributed by atoms with van der Waals surface area (Å²) in [6, 6.07) is 11.1. The zero-order valence-corrected chi connectivity index (χ0v) is 16.4. The SMILES string of the molecule is CCc1ccc2c(c1)C(=O)CC1(CCN(C(=O)c3ccc4c(c3)OCO4)CC1)O2. The molecule has 0 radical (unpaired) electrons. The van der Waals surface area contributed by atoms with Gasteiger partial charge in [0.1, 0.15) is 11.4 Å². The maximum atomic E-state index is 12.9. The molecule has 2 aromatic rings. The molecule has 0 aliphatic carbocycles. The van der Waals surface area contributed by atoms with Crippen LogP contribution in [-0.2, 0) is 6.42 Å². The molecular formula is C23H23NO5. The highest BCUT2D eigenvalue weighted by atomic mass is 16.7. The summed E-state index contributed by atoms with van der Waals surface area (Å²) in [5.74, 6) is 2.05. The Morgan fingerprint density at radius 1 is 1.03 bits per heavy atom. The summed E-state index contributed by atoms with van der Waals surface area (Å²) in [6.07, 6.45) is 2.55. The van der Waals surface area contributed by atoms with Crippen molar-refractivity contribution in [1.29, 1.82) is 0 Å². The monoisotopic (exact) mass is 393 g/mol. The number of benzene rings is 2. The summed E-state index contributed by atoms with van der Waals surface area (Å²) in [5, 5.41) is 0. The minimum Gasteiger partial charge on any atom is -0.486 e. The van der Waals surface area contributed by atoms with Crippen LogP contribution in [0.2, 0.25) is 0 Å². The van der Waals surface area contributed by atoms with Crippen molar-refractivity contribution in [2.45, 2.75) is 38.2 Å². The van der Waals surface area contributed by atoms with Crippen molar-refractivity contribution in [1.82, 2.24) is 4.90 Å². The zero-order chi connectivity index (χ0) is 20.0. The Hall–Kier alpha value is -3.02. The third kappa shape index (κ3) is 3.12. The third-order valence-electron chi connectivity index (χ3n) is 6.14. The van der Waals surface area contributed by atoms with E-state index in [-0.39, 0.29) is 18.5 Å². The van der Waals surface area contributed by atoms with Crippen LogP contribution in [0.3, 0.4) is 0 Å². The summed E-state index contributed by atoms with van der Waals surface area (Å²) in [7, 11) is 0. The number of likely N-dealkylation sites (tertiary alicyclic amines) is 1. The zero-order valence-electron chi connectivity index (χ0n) is 16.4. The average molecular weight is 393 g/mol. The number of aryl methyl sites for hydroxylation is 1. The van der Waals surface area contributed by atoms with Crippen molar-refractivity contribution in [3.05, 3.63) is 53.1 Å². The van der Waals surface area contributed by atoms with Gasteiger partial charge in [-0.2, -0.15) is 0 Å². The Kier molecular flexibility index (Phi) is 4.23. The second-order valence-corrected chi connectivity index (χ2v) is 7.93. The van der Waals surface area contributed by atoms with E-state index in [2.05, 4.69) is 6.92 Å². The van der Waals surface area contributed by atoms with Gasteiger partial charge < -0.3 is 19.1 Å². The Balaban J connectivity index is 1.30. The number of carbonyl (C=O) groups excluding carboxylic acids is 2. The van der Waals surface area contributed by atoms with Crippen molar-refractivity contribution in [2.75, 3.05) is 19.9 Å². The van der Waals surface area contributed by atoms with Crippen molar-refractivity contribution in [3.63, 3.8) is 0 Å². The van der Waals surface area contributed by atoms with Gasteiger partial charge >= 0.3 is 0 Å². The molecule has 0 atom stereocenters. The molecule has 3 aliphatic rings. The van der Waals surface area contributed by atoms with Crippen LogP contribution >= 0.6 is 0 Å². The Bertz CT molecular complexity index is 991. The number of ether oxygens (including phenoxy) is 3. The molecule has 0 bridgehead atoms. The van der Waals surface area contributed by atoms with Gasteiger partial charge in [0.25, 0.3) is 5.91 Å². The number of carbonyl (C=O) groups is 2. The second kappa shape index (κ2) is 6.79. The van der Waals surface area contributed by atoms with E-state index in [1.165, 1.54) is 0 Å². The summed E-state index contributed by atoms with van der Waals surface area (Å²) in [5.41, 5.74) is 1.90. The van der Waals surface area contributed by atoms with Gasteiger partial charge in [-0.25, -0.2) is 0 Å². The lowest BCUT2D eigenvalue weighted by Gasteiger charge is -2.44. The number of Topliss-reactive ketones (excluding diaryl/α,β-unsaturated/α-hetero) is 1.